The Morgan fingerprint density at radius 1 is 1.03 bits per heavy atom. The molecule has 0 bridgehead atoms. The molecule has 0 aliphatic carbocycles. The molecule has 0 unspecified atom stereocenters. The first-order chi connectivity index (χ1) is 17.3. The van der Waals surface area contributed by atoms with Crippen LogP contribution in [0.3, 0.4) is 0 Å². The smallest absolute Gasteiger partial charge is 0.308 e. The van der Waals surface area contributed by atoms with Gasteiger partial charge in [0.05, 0.1) is 6.21 Å². The average molecular weight is 550 g/mol. The molecule has 0 aliphatic rings. The molecule has 36 heavy (non-hydrogen) atoms. The molecule has 2 heterocycles. The molecule has 8 nitrogen and oxygen atoms in total. The van der Waals surface area contributed by atoms with E-state index >= 15 is 0 Å². The molecule has 0 spiro atoms. The van der Waals surface area contributed by atoms with Gasteiger partial charge in [0.1, 0.15) is 23.9 Å². The van der Waals surface area contributed by atoms with E-state index in [9.17, 15) is 9.59 Å². The van der Waals surface area contributed by atoms with E-state index in [-0.39, 0.29) is 12.4 Å². The predicted molar refractivity (Wildman–Crippen MR) is 139 cm³/mol. The third kappa shape index (κ3) is 6.11. The minimum absolute atomic E-state index is 0.0918. The van der Waals surface area contributed by atoms with Crippen molar-refractivity contribution in [1.29, 1.82) is 0 Å². The van der Waals surface area contributed by atoms with Gasteiger partial charge in [-0.3, -0.25) is 9.59 Å². The van der Waals surface area contributed by atoms with Gasteiger partial charge in [-0.1, -0.05) is 15.9 Å². The summed E-state index contributed by atoms with van der Waals surface area (Å²) >= 11 is 3.36. The van der Waals surface area contributed by atoms with Crippen molar-refractivity contribution in [3.05, 3.63) is 99.7 Å². The number of nitrogens with one attached hydrogen (secondary N) is 1. The highest BCUT2D eigenvalue weighted by Crippen LogP contribution is 2.23. The zero-order valence-electron chi connectivity index (χ0n) is 19.9. The number of esters is 1. The highest BCUT2D eigenvalue weighted by molar-refractivity contribution is 9.10. The number of hydrazone groups is 1. The number of aryl methyl sites for hydroxylation is 2. The summed E-state index contributed by atoms with van der Waals surface area (Å²) in [7, 11) is 0. The highest BCUT2D eigenvalue weighted by Gasteiger charge is 2.12. The number of carbonyl (C=O) groups is 2. The summed E-state index contributed by atoms with van der Waals surface area (Å²) in [6.45, 7) is 5.60. The number of benzene rings is 2. The van der Waals surface area contributed by atoms with E-state index in [1.54, 1.807) is 30.3 Å². The van der Waals surface area contributed by atoms with Crippen LogP contribution >= 0.6 is 15.9 Å². The quantitative estimate of drug-likeness (QED) is 0.131. The molecule has 0 atom stereocenters. The minimum Gasteiger partial charge on any atom is -0.486 e. The molecule has 4 rings (SSSR count). The lowest BCUT2D eigenvalue weighted by Crippen LogP contribution is -2.17. The van der Waals surface area contributed by atoms with Gasteiger partial charge < -0.3 is 18.5 Å². The minimum atomic E-state index is -0.525. The van der Waals surface area contributed by atoms with Gasteiger partial charge in [0.25, 0.3) is 0 Å². The highest BCUT2D eigenvalue weighted by atomic mass is 79.9. The van der Waals surface area contributed by atoms with Crippen LogP contribution < -0.4 is 14.9 Å². The lowest BCUT2D eigenvalue weighted by atomic mass is 10.2. The number of furan rings is 1. The standard InChI is InChI=1S/C27H24BrN3O5/c1-17-4-5-18(2)31(17)22-7-9-23(10-8-22)34-16-24-11-13-26(36-24)27(33)30-29-15-20-14-21(28)6-12-25(20)35-19(3)32/h4-15H,16H2,1-3H3,(H,30,33)/b29-15+. The maximum atomic E-state index is 12.4. The first-order valence-corrected chi connectivity index (χ1v) is 11.9. The molecule has 2 aromatic heterocycles. The summed E-state index contributed by atoms with van der Waals surface area (Å²) in [5.74, 6) is 0.619. The fraction of sp³-hybridized carbons (Fsp3) is 0.148. The van der Waals surface area contributed by atoms with E-state index in [1.807, 2.05) is 24.3 Å². The van der Waals surface area contributed by atoms with Crippen LogP contribution in [0.5, 0.6) is 11.5 Å². The number of aromatic nitrogens is 1. The number of hydrogen-bond donors (Lipinski definition) is 1. The topological polar surface area (TPSA) is 95.1 Å². The molecule has 1 amide bonds. The van der Waals surface area contributed by atoms with Crippen LogP contribution in [-0.2, 0) is 11.4 Å². The first kappa shape index (κ1) is 25.0. The van der Waals surface area contributed by atoms with E-state index < -0.39 is 11.9 Å². The van der Waals surface area contributed by atoms with Gasteiger partial charge >= 0.3 is 11.9 Å². The first-order valence-electron chi connectivity index (χ1n) is 11.1. The average Bonchev–Trinajstić information content (AvgIpc) is 3.46. The normalized spacial score (nSPS) is 11.0. The Bertz CT molecular complexity index is 1400. The summed E-state index contributed by atoms with van der Waals surface area (Å²) in [6.07, 6.45) is 1.38. The number of nitrogens with zero attached hydrogens (tertiary/aromatic N) is 2. The second kappa shape index (κ2) is 11.1. The zero-order chi connectivity index (χ0) is 25.7. The molecule has 4 aromatic rings. The van der Waals surface area contributed by atoms with E-state index in [2.05, 4.69) is 57.0 Å². The summed E-state index contributed by atoms with van der Waals surface area (Å²) < 4.78 is 19.5. The van der Waals surface area contributed by atoms with Gasteiger partial charge in [-0.15, -0.1) is 0 Å². The van der Waals surface area contributed by atoms with Gasteiger partial charge in [0.15, 0.2) is 5.76 Å². The van der Waals surface area contributed by atoms with E-state index in [4.69, 9.17) is 13.9 Å². The van der Waals surface area contributed by atoms with Gasteiger partial charge in [-0.2, -0.15) is 5.10 Å². The second-order valence-electron chi connectivity index (χ2n) is 7.97. The van der Waals surface area contributed by atoms with E-state index in [1.165, 1.54) is 13.1 Å². The Kier molecular flexibility index (Phi) is 7.70. The molecular weight excluding hydrogens is 526 g/mol. The summed E-state index contributed by atoms with van der Waals surface area (Å²) in [4.78, 5) is 23.7. The van der Waals surface area contributed by atoms with Gasteiger partial charge in [0, 0.05) is 34.0 Å². The van der Waals surface area contributed by atoms with Crippen LogP contribution in [0.15, 0.2) is 80.7 Å². The largest absolute Gasteiger partial charge is 0.486 e. The van der Waals surface area contributed by atoms with Crippen molar-refractivity contribution < 1.29 is 23.5 Å². The molecule has 2 aromatic carbocycles. The molecule has 0 saturated heterocycles. The lowest BCUT2D eigenvalue weighted by molar-refractivity contribution is -0.131. The molecule has 0 fully saturated rings. The third-order valence-corrected chi connectivity index (χ3v) is 5.72. The molecule has 0 saturated carbocycles. The van der Waals surface area contributed by atoms with Crippen molar-refractivity contribution in [2.24, 2.45) is 5.10 Å². The Balaban J connectivity index is 1.33. The van der Waals surface area contributed by atoms with Crippen molar-refractivity contribution in [3.63, 3.8) is 0 Å². The van der Waals surface area contributed by atoms with Crippen molar-refractivity contribution in [1.82, 2.24) is 9.99 Å². The lowest BCUT2D eigenvalue weighted by Gasteiger charge is -2.10. The maximum absolute atomic E-state index is 12.4. The molecule has 184 valence electrons. The molecular formula is C27H24BrN3O5. The number of carbonyl (C=O) groups excluding carboxylic acids is 2. The van der Waals surface area contributed by atoms with Crippen LogP contribution in [0.4, 0.5) is 0 Å². The van der Waals surface area contributed by atoms with Gasteiger partial charge in [-0.25, -0.2) is 5.43 Å². The SMILES string of the molecule is CC(=O)Oc1ccc(Br)cc1/C=N/NC(=O)c1ccc(COc2ccc(-n3c(C)ccc3C)cc2)o1. The predicted octanol–water partition coefficient (Wildman–Crippen LogP) is 5.72. The van der Waals surface area contributed by atoms with Crippen molar-refractivity contribution in [2.45, 2.75) is 27.4 Å². The fourth-order valence-corrected chi connectivity index (χ4v) is 3.96. The Hall–Kier alpha value is -4.11. The van der Waals surface area contributed by atoms with Crippen LogP contribution in [0.2, 0.25) is 0 Å². The molecule has 0 aliphatic heterocycles. The van der Waals surface area contributed by atoms with Crippen LogP contribution in [0, 0.1) is 13.8 Å². The fourth-order valence-electron chi connectivity index (χ4n) is 3.58. The van der Waals surface area contributed by atoms with E-state index in [0.29, 0.717) is 22.8 Å². The second-order valence-corrected chi connectivity index (χ2v) is 8.89. The number of rotatable bonds is 8. The summed E-state index contributed by atoms with van der Waals surface area (Å²) in [6, 6.07) is 20.2. The number of halogens is 1. The number of hydrogen-bond acceptors (Lipinski definition) is 6. The van der Waals surface area contributed by atoms with Crippen LogP contribution in [-0.4, -0.2) is 22.7 Å². The summed E-state index contributed by atoms with van der Waals surface area (Å²) in [5.41, 5.74) is 6.30. The molecule has 1 N–H and O–H groups in total. The van der Waals surface area contributed by atoms with Crippen LogP contribution in [0.25, 0.3) is 5.69 Å². The van der Waals surface area contributed by atoms with Crippen molar-refractivity contribution >= 4 is 34.0 Å². The summed E-state index contributed by atoms with van der Waals surface area (Å²) in [5, 5.41) is 3.94. The molecule has 0 radical (unpaired) electrons. The van der Waals surface area contributed by atoms with Gasteiger partial charge in [-0.05, 0) is 80.6 Å². The number of amides is 1. The van der Waals surface area contributed by atoms with E-state index in [0.717, 1.165) is 21.5 Å². The Morgan fingerprint density at radius 3 is 2.44 bits per heavy atom. The number of ether oxygens (including phenoxy) is 2. The third-order valence-electron chi connectivity index (χ3n) is 5.23. The Labute approximate surface area is 216 Å². The monoisotopic (exact) mass is 549 g/mol. The van der Waals surface area contributed by atoms with Crippen molar-refractivity contribution in [3.8, 4) is 17.2 Å². The zero-order valence-corrected chi connectivity index (χ0v) is 21.5. The van der Waals surface area contributed by atoms with Crippen LogP contribution in [0.1, 0.15) is 40.2 Å². The maximum Gasteiger partial charge on any atom is 0.308 e. The molecule has 9 heteroatoms. The van der Waals surface area contributed by atoms with Crippen molar-refractivity contribution in [2.75, 3.05) is 0 Å². The Morgan fingerprint density at radius 2 is 1.75 bits per heavy atom. The van der Waals surface area contributed by atoms with Gasteiger partial charge in [0.2, 0.25) is 0 Å².